The molecule has 0 unspecified atom stereocenters. The van der Waals surface area contributed by atoms with E-state index >= 15 is 0 Å². The van der Waals surface area contributed by atoms with Gasteiger partial charge in [-0.1, -0.05) is 0 Å². The summed E-state index contributed by atoms with van der Waals surface area (Å²) in [5.74, 6) is 1.70. The maximum atomic E-state index is 11.5. The number of furan rings is 1. The number of ether oxygens (including phenoxy) is 2. The van der Waals surface area contributed by atoms with Gasteiger partial charge in [0.15, 0.2) is 0 Å². The van der Waals surface area contributed by atoms with E-state index in [1.165, 1.54) is 7.11 Å². The van der Waals surface area contributed by atoms with E-state index in [2.05, 4.69) is 5.32 Å². The van der Waals surface area contributed by atoms with Crippen LogP contribution in [0.3, 0.4) is 0 Å². The summed E-state index contributed by atoms with van der Waals surface area (Å²) < 4.78 is 15.6. The second-order valence-corrected chi connectivity index (χ2v) is 4.86. The Hall–Kier alpha value is -1.33. The normalized spacial score (nSPS) is 16.5. The lowest BCUT2D eigenvalue weighted by atomic mass is 10.0. The van der Waals surface area contributed by atoms with E-state index in [9.17, 15) is 4.79 Å². The van der Waals surface area contributed by atoms with Gasteiger partial charge < -0.3 is 19.2 Å². The van der Waals surface area contributed by atoms with Crippen LogP contribution in [0.25, 0.3) is 0 Å². The van der Waals surface area contributed by atoms with Crippen LogP contribution < -0.4 is 5.32 Å². The first-order valence-electron chi connectivity index (χ1n) is 6.66. The smallest absolute Gasteiger partial charge is 0.341 e. The van der Waals surface area contributed by atoms with Crippen molar-refractivity contribution in [2.24, 2.45) is 5.92 Å². The second-order valence-electron chi connectivity index (χ2n) is 4.86. The minimum atomic E-state index is -0.350. The van der Waals surface area contributed by atoms with Gasteiger partial charge in [0.25, 0.3) is 0 Å². The van der Waals surface area contributed by atoms with Gasteiger partial charge in [0, 0.05) is 13.2 Å². The molecule has 0 spiro atoms. The molecule has 19 heavy (non-hydrogen) atoms. The van der Waals surface area contributed by atoms with Gasteiger partial charge in [-0.05, 0) is 38.3 Å². The molecule has 5 heteroatoms. The molecule has 1 aliphatic rings. The Morgan fingerprint density at radius 3 is 2.89 bits per heavy atom. The molecule has 5 nitrogen and oxygen atoms in total. The standard InChI is InChI=1S/C14H21NO4/c1-10-13(14(16)17-2)7-12(19-10)9-15-8-11-3-5-18-6-4-11/h7,11,15H,3-6,8-9H2,1-2H3. The lowest BCUT2D eigenvalue weighted by Gasteiger charge is -2.21. The first-order chi connectivity index (χ1) is 9.20. The number of rotatable bonds is 5. The van der Waals surface area contributed by atoms with Crippen molar-refractivity contribution in [2.45, 2.75) is 26.3 Å². The van der Waals surface area contributed by atoms with E-state index in [4.69, 9.17) is 13.9 Å². The van der Waals surface area contributed by atoms with Crippen molar-refractivity contribution >= 4 is 5.97 Å². The van der Waals surface area contributed by atoms with E-state index < -0.39 is 0 Å². The molecule has 1 aliphatic heterocycles. The number of aryl methyl sites for hydroxylation is 1. The lowest BCUT2D eigenvalue weighted by molar-refractivity contribution is 0.0598. The topological polar surface area (TPSA) is 60.7 Å². The molecule has 1 aromatic rings. The number of methoxy groups -OCH3 is 1. The van der Waals surface area contributed by atoms with Crippen LogP contribution in [0.1, 0.15) is 34.7 Å². The summed E-state index contributed by atoms with van der Waals surface area (Å²) in [6.07, 6.45) is 2.22. The summed E-state index contributed by atoms with van der Waals surface area (Å²) in [7, 11) is 1.37. The average molecular weight is 267 g/mol. The van der Waals surface area contributed by atoms with Gasteiger partial charge in [-0.2, -0.15) is 0 Å². The minimum Gasteiger partial charge on any atom is -0.465 e. The molecule has 0 radical (unpaired) electrons. The third kappa shape index (κ3) is 3.81. The lowest BCUT2D eigenvalue weighted by Crippen LogP contribution is -2.27. The molecule has 1 saturated heterocycles. The molecule has 1 aromatic heterocycles. The van der Waals surface area contributed by atoms with Crippen LogP contribution in [0, 0.1) is 12.8 Å². The molecule has 2 rings (SSSR count). The second kappa shape index (κ2) is 6.73. The highest BCUT2D eigenvalue weighted by atomic mass is 16.5. The number of carbonyl (C=O) groups excluding carboxylic acids is 1. The van der Waals surface area contributed by atoms with Crippen LogP contribution in [-0.2, 0) is 16.0 Å². The van der Waals surface area contributed by atoms with E-state index in [-0.39, 0.29) is 5.97 Å². The highest BCUT2D eigenvalue weighted by Crippen LogP contribution is 2.16. The fourth-order valence-electron chi connectivity index (χ4n) is 2.29. The quantitative estimate of drug-likeness (QED) is 0.825. The monoisotopic (exact) mass is 267 g/mol. The summed E-state index contributed by atoms with van der Waals surface area (Å²) in [5, 5.41) is 3.37. The van der Waals surface area contributed by atoms with E-state index in [0.717, 1.165) is 38.4 Å². The Bertz CT molecular complexity index is 421. The summed E-state index contributed by atoms with van der Waals surface area (Å²) in [5.41, 5.74) is 0.505. The third-order valence-electron chi connectivity index (χ3n) is 3.45. The molecule has 1 N–H and O–H groups in total. The molecule has 0 bridgehead atoms. The zero-order valence-electron chi connectivity index (χ0n) is 11.5. The Morgan fingerprint density at radius 1 is 1.47 bits per heavy atom. The van der Waals surface area contributed by atoms with Gasteiger partial charge in [-0.3, -0.25) is 0 Å². The molecule has 0 saturated carbocycles. The Kier molecular flexibility index (Phi) is 4.99. The van der Waals surface area contributed by atoms with E-state index in [1.54, 1.807) is 13.0 Å². The predicted octanol–water partition coefficient (Wildman–Crippen LogP) is 1.89. The van der Waals surface area contributed by atoms with Crippen molar-refractivity contribution in [3.63, 3.8) is 0 Å². The molecule has 1 fully saturated rings. The molecule has 106 valence electrons. The molecule has 0 aliphatic carbocycles. The van der Waals surface area contributed by atoms with Crippen LogP contribution in [-0.4, -0.2) is 32.8 Å². The minimum absolute atomic E-state index is 0.350. The van der Waals surface area contributed by atoms with Gasteiger partial charge in [0.05, 0.1) is 13.7 Å². The van der Waals surface area contributed by atoms with Crippen LogP contribution >= 0.6 is 0 Å². The first-order valence-corrected chi connectivity index (χ1v) is 6.66. The summed E-state index contributed by atoms with van der Waals surface area (Å²) in [6, 6.07) is 1.75. The van der Waals surface area contributed by atoms with Crippen LogP contribution in [0.15, 0.2) is 10.5 Å². The fourth-order valence-corrected chi connectivity index (χ4v) is 2.29. The largest absolute Gasteiger partial charge is 0.465 e. The summed E-state index contributed by atoms with van der Waals surface area (Å²) in [6.45, 7) is 5.08. The van der Waals surface area contributed by atoms with Crippen LogP contribution in [0.5, 0.6) is 0 Å². The highest BCUT2D eigenvalue weighted by Gasteiger charge is 2.16. The average Bonchev–Trinajstić information content (AvgIpc) is 2.80. The Morgan fingerprint density at radius 2 is 2.21 bits per heavy atom. The zero-order chi connectivity index (χ0) is 13.7. The number of hydrogen-bond acceptors (Lipinski definition) is 5. The SMILES string of the molecule is COC(=O)c1cc(CNCC2CCOCC2)oc1C. The zero-order valence-corrected chi connectivity index (χ0v) is 11.5. The molecule has 0 atom stereocenters. The van der Waals surface area contributed by atoms with Crippen molar-refractivity contribution in [3.05, 3.63) is 23.2 Å². The fraction of sp³-hybridized carbons (Fsp3) is 0.643. The molecule has 0 amide bonds. The van der Waals surface area contributed by atoms with Gasteiger partial charge >= 0.3 is 5.97 Å². The third-order valence-corrected chi connectivity index (χ3v) is 3.45. The van der Waals surface area contributed by atoms with Crippen molar-refractivity contribution < 1.29 is 18.7 Å². The highest BCUT2D eigenvalue weighted by molar-refractivity contribution is 5.90. The first kappa shape index (κ1) is 14.1. The predicted molar refractivity (Wildman–Crippen MR) is 70.0 cm³/mol. The number of esters is 1. The van der Waals surface area contributed by atoms with E-state index in [0.29, 0.717) is 23.8 Å². The van der Waals surface area contributed by atoms with Crippen molar-refractivity contribution in [3.8, 4) is 0 Å². The van der Waals surface area contributed by atoms with Crippen molar-refractivity contribution in [2.75, 3.05) is 26.9 Å². The van der Waals surface area contributed by atoms with E-state index in [1.807, 2.05) is 0 Å². The molecule has 0 aromatic carbocycles. The maximum absolute atomic E-state index is 11.5. The maximum Gasteiger partial charge on any atom is 0.341 e. The Balaban J connectivity index is 1.81. The van der Waals surface area contributed by atoms with Gasteiger partial charge in [-0.15, -0.1) is 0 Å². The van der Waals surface area contributed by atoms with Gasteiger partial charge in [0.2, 0.25) is 0 Å². The molecular formula is C14H21NO4. The molecular weight excluding hydrogens is 246 g/mol. The van der Waals surface area contributed by atoms with Crippen molar-refractivity contribution in [1.82, 2.24) is 5.32 Å². The molecule has 2 heterocycles. The number of nitrogens with one attached hydrogen (secondary N) is 1. The van der Waals surface area contributed by atoms with Crippen LogP contribution in [0.2, 0.25) is 0 Å². The summed E-state index contributed by atoms with van der Waals surface area (Å²) >= 11 is 0. The van der Waals surface area contributed by atoms with Gasteiger partial charge in [-0.25, -0.2) is 4.79 Å². The Labute approximate surface area is 113 Å². The van der Waals surface area contributed by atoms with Gasteiger partial charge in [0.1, 0.15) is 17.1 Å². The number of carbonyl (C=O) groups is 1. The summed E-state index contributed by atoms with van der Waals surface area (Å²) in [4.78, 5) is 11.5. The number of hydrogen-bond donors (Lipinski definition) is 1. The van der Waals surface area contributed by atoms with Crippen LogP contribution in [0.4, 0.5) is 0 Å². The van der Waals surface area contributed by atoms with Crippen molar-refractivity contribution in [1.29, 1.82) is 0 Å².